The van der Waals surface area contributed by atoms with Gasteiger partial charge in [0.15, 0.2) is 6.29 Å². The second-order valence-electron chi connectivity index (χ2n) is 3.46. The van der Waals surface area contributed by atoms with Crippen molar-refractivity contribution in [1.82, 2.24) is 0 Å². The molecule has 0 aromatic heterocycles. The van der Waals surface area contributed by atoms with Gasteiger partial charge in [-0.15, -0.1) is 0 Å². The van der Waals surface area contributed by atoms with E-state index in [0.717, 1.165) is 17.7 Å². The smallest absolute Gasteiger partial charge is 0.186 e. The Labute approximate surface area is 97.3 Å². The van der Waals surface area contributed by atoms with E-state index in [1.165, 1.54) is 5.56 Å². The van der Waals surface area contributed by atoms with Crippen molar-refractivity contribution in [2.24, 2.45) is 0 Å². The molecule has 0 amide bonds. The number of hydrogen-bond acceptors (Lipinski definition) is 3. The van der Waals surface area contributed by atoms with Crippen molar-refractivity contribution in [3.63, 3.8) is 0 Å². The third-order valence-corrected chi connectivity index (χ3v) is 2.47. The first kappa shape index (κ1) is 13.0. The molecular weight excluding hydrogens is 204 g/mol. The predicted octanol–water partition coefficient (Wildman–Crippen LogP) is 2.94. The number of benzene rings is 1. The SMILES string of the molecule is CCOc1cc(CC)ccc1C(OC)OC. The van der Waals surface area contributed by atoms with Crippen LogP contribution in [-0.4, -0.2) is 20.8 Å². The Morgan fingerprint density at radius 3 is 2.31 bits per heavy atom. The lowest BCUT2D eigenvalue weighted by molar-refractivity contribution is -0.107. The second-order valence-corrected chi connectivity index (χ2v) is 3.46. The first-order chi connectivity index (χ1) is 7.76. The van der Waals surface area contributed by atoms with Crippen molar-refractivity contribution >= 4 is 0 Å². The molecule has 1 aromatic rings. The first-order valence-electron chi connectivity index (χ1n) is 5.58. The monoisotopic (exact) mass is 224 g/mol. The normalized spacial score (nSPS) is 10.8. The molecule has 0 aliphatic heterocycles. The van der Waals surface area contributed by atoms with E-state index in [1.807, 2.05) is 19.1 Å². The Hall–Kier alpha value is -1.06. The second kappa shape index (κ2) is 6.51. The lowest BCUT2D eigenvalue weighted by Crippen LogP contribution is -2.07. The molecule has 0 aliphatic carbocycles. The van der Waals surface area contributed by atoms with Gasteiger partial charge >= 0.3 is 0 Å². The van der Waals surface area contributed by atoms with E-state index >= 15 is 0 Å². The number of ether oxygens (including phenoxy) is 3. The van der Waals surface area contributed by atoms with E-state index in [4.69, 9.17) is 14.2 Å². The molecule has 1 aromatic carbocycles. The van der Waals surface area contributed by atoms with Gasteiger partial charge in [-0.25, -0.2) is 0 Å². The van der Waals surface area contributed by atoms with Gasteiger partial charge in [0.1, 0.15) is 5.75 Å². The van der Waals surface area contributed by atoms with Crippen LogP contribution in [0.25, 0.3) is 0 Å². The van der Waals surface area contributed by atoms with Crippen LogP contribution in [0.4, 0.5) is 0 Å². The highest BCUT2D eigenvalue weighted by Gasteiger charge is 2.15. The fourth-order valence-electron chi connectivity index (χ4n) is 1.62. The first-order valence-corrected chi connectivity index (χ1v) is 5.58. The third-order valence-electron chi connectivity index (χ3n) is 2.47. The molecule has 3 nitrogen and oxygen atoms in total. The molecule has 0 spiro atoms. The van der Waals surface area contributed by atoms with E-state index in [9.17, 15) is 0 Å². The van der Waals surface area contributed by atoms with E-state index in [1.54, 1.807) is 14.2 Å². The summed E-state index contributed by atoms with van der Waals surface area (Å²) < 4.78 is 16.1. The minimum absolute atomic E-state index is 0.368. The molecule has 3 heteroatoms. The van der Waals surface area contributed by atoms with Gasteiger partial charge in [0.25, 0.3) is 0 Å². The highest BCUT2D eigenvalue weighted by atomic mass is 16.7. The highest BCUT2D eigenvalue weighted by Crippen LogP contribution is 2.29. The Bertz CT molecular complexity index is 319. The minimum atomic E-state index is -0.368. The van der Waals surface area contributed by atoms with E-state index in [-0.39, 0.29) is 6.29 Å². The van der Waals surface area contributed by atoms with Gasteiger partial charge in [-0.2, -0.15) is 0 Å². The van der Waals surface area contributed by atoms with Crippen LogP contribution >= 0.6 is 0 Å². The Morgan fingerprint density at radius 2 is 1.81 bits per heavy atom. The van der Waals surface area contributed by atoms with Crippen molar-refractivity contribution in [3.05, 3.63) is 29.3 Å². The van der Waals surface area contributed by atoms with Crippen LogP contribution in [0.2, 0.25) is 0 Å². The Morgan fingerprint density at radius 1 is 1.12 bits per heavy atom. The molecule has 90 valence electrons. The zero-order chi connectivity index (χ0) is 12.0. The number of methoxy groups -OCH3 is 2. The molecule has 0 unspecified atom stereocenters. The molecule has 0 fully saturated rings. The van der Waals surface area contributed by atoms with Crippen LogP contribution < -0.4 is 4.74 Å². The lowest BCUT2D eigenvalue weighted by atomic mass is 10.1. The standard InChI is InChI=1S/C13H20O3/c1-5-10-7-8-11(13(14-3)15-4)12(9-10)16-6-2/h7-9,13H,5-6H2,1-4H3. The third kappa shape index (κ3) is 2.97. The molecule has 0 bridgehead atoms. The summed E-state index contributed by atoms with van der Waals surface area (Å²) in [5.41, 5.74) is 2.18. The van der Waals surface area contributed by atoms with E-state index in [2.05, 4.69) is 13.0 Å². The van der Waals surface area contributed by atoms with Crippen LogP contribution in [-0.2, 0) is 15.9 Å². The van der Waals surface area contributed by atoms with Gasteiger partial charge in [0.2, 0.25) is 0 Å². The molecule has 0 N–H and O–H groups in total. The highest BCUT2D eigenvalue weighted by molar-refractivity contribution is 5.38. The average molecular weight is 224 g/mol. The summed E-state index contributed by atoms with van der Waals surface area (Å²) in [5.74, 6) is 0.843. The summed E-state index contributed by atoms with van der Waals surface area (Å²) in [6.07, 6.45) is 0.623. The summed E-state index contributed by atoms with van der Waals surface area (Å²) in [5, 5.41) is 0. The minimum Gasteiger partial charge on any atom is -0.493 e. The molecule has 0 radical (unpaired) electrons. The fraction of sp³-hybridized carbons (Fsp3) is 0.538. The van der Waals surface area contributed by atoms with Crippen molar-refractivity contribution < 1.29 is 14.2 Å². The number of aryl methyl sites for hydroxylation is 1. The van der Waals surface area contributed by atoms with E-state index in [0.29, 0.717) is 6.61 Å². The summed E-state index contributed by atoms with van der Waals surface area (Å²) in [7, 11) is 3.25. The summed E-state index contributed by atoms with van der Waals surface area (Å²) >= 11 is 0. The maximum absolute atomic E-state index is 5.60. The summed E-state index contributed by atoms with van der Waals surface area (Å²) in [6.45, 7) is 4.73. The van der Waals surface area contributed by atoms with Gasteiger partial charge in [-0.1, -0.05) is 13.0 Å². The molecule has 0 saturated heterocycles. The van der Waals surface area contributed by atoms with Crippen molar-refractivity contribution in [2.75, 3.05) is 20.8 Å². The molecule has 1 rings (SSSR count). The Kier molecular flexibility index (Phi) is 5.29. The van der Waals surface area contributed by atoms with Crippen LogP contribution in [0.5, 0.6) is 5.75 Å². The van der Waals surface area contributed by atoms with Crippen LogP contribution in [0.3, 0.4) is 0 Å². The van der Waals surface area contributed by atoms with Gasteiger partial charge in [-0.3, -0.25) is 0 Å². The summed E-state index contributed by atoms with van der Waals surface area (Å²) in [6, 6.07) is 6.12. The number of hydrogen-bond donors (Lipinski definition) is 0. The molecule has 0 atom stereocenters. The van der Waals surface area contributed by atoms with Crippen molar-refractivity contribution in [3.8, 4) is 5.75 Å². The van der Waals surface area contributed by atoms with Crippen molar-refractivity contribution in [1.29, 1.82) is 0 Å². The largest absolute Gasteiger partial charge is 0.493 e. The predicted molar refractivity (Wildman–Crippen MR) is 63.7 cm³/mol. The number of rotatable bonds is 6. The zero-order valence-electron chi connectivity index (χ0n) is 10.4. The topological polar surface area (TPSA) is 27.7 Å². The van der Waals surface area contributed by atoms with Gasteiger partial charge in [0, 0.05) is 19.8 Å². The molecular formula is C13H20O3. The van der Waals surface area contributed by atoms with Crippen LogP contribution in [0.1, 0.15) is 31.3 Å². The lowest BCUT2D eigenvalue weighted by Gasteiger charge is -2.18. The van der Waals surface area contributed by atoms with Gasteiger partial charge in [-0.05, 0) is 31.0 Å². The van der Waals surface area contributed by atoms with Gasteiger partial charge in [0.05, 0.1) is 6.61 Å². The van der Waals surface area contributed by atoms with Gasteiger partial charge < -0.3 is 14.2 Å². The fourth-order valence-corrected chi connectivity index (χ4v) is 1.62. The zero-order valence-corrected chi connectivity index (χ0v) is 10.4. The van der Waals surface area contributed by atoms with E-state index < -0.39 is 0 Å². The van der Waals surface area contributed by atoms with Crippen LogP contribution in [0, 0.1) is 0 Å². The maximum atomic E-state index is 5.60. The molecule has 16 heavy (non-hydrogen) atoms. The average Bonchev–Trinajstić information content (AvgIpc) is 2.32. The van der Waals surface area contributed by atoms with Crippen LogP contribution in [0.15, 0.2) is 18.2 Å². The maximum Gasteiger partial charge on any atom is 0.186 e. The van der Waals surface area contributed by atoms with Crippen molar-refractivity contribution in [2.45, 2.75) is 26.6 Å². The molecule has 0 heterocycles. The Balaban J connectivity index is 3.05. The molecule has 0 aliphatic rings. The quantitative estimate of drug-likeness (QED) is 0.695. The summed E-state index contributed by atoms with van der Waals surface area (Å²) in [4.78, 5) is 0. The molecule has 0 saturated carbocycles.